The number of hydrogen-bond acceptors (Lipinski definition) is 5. The normalized spacial score (nSPS) is 13.8. The van der Waals surface area contributed by atoms with Crippen LogP contribution in [0.15, 0.2) is 0 Å². The molecule has 0 saturated carbocycles. The molecule has 0 aromatic rings. The first-order valence-corrected chi connectivity index (χ1v) is 9.15. The van der Waals surface area contributed by atoms with Crippen LogP contribution in [0.4, 0.5) is 0 Å². The van der Waals surface area contributed by atoms with E-state index in [1.807, 2.05) is 48.5 Å². The van der Waals surface area contributed by atoms with Crippen LogP contribution < -0.4 is 0 Å². The van der Waals surface area contributed by atoms with E-state index >= 15 is 0 Å². The minimum atomic E-state index is -3.10. The molecule has 118 valence electrons. The smallest absolute Gasteiger partial charge is 0.420 e. The van der Waals surface area contributed by atoms with Crippen molar-refractivity contribution in [2.24, 2.45) is 0 Å². The molecule has 5 nitrogen and oxygen atoms in total. The van der Waals surface area contributed by atoms with Gasteiger partial charge in [0.15, 0.2) is 5.73 Å². The number of rotatable bonds is 10. The third kappa shape index (κ3) is 6.71. The largest absolute Gasteiger partial charge is 0.545 e. The summed E-state index contributed by atoms with van der Waals surface area (Å²) >= 11 is 0. The summed E-state index contributed by atoms with van der Waals surface area (Å²) in [7, 11) is -3.10. The Bertz CT molecular complexity index is 276. The first-order chi connectivity index (χ1) is 9.27. The lowest BCUT2D eigenvalue weighted by Crippen LogP contribution is -2.60. The van der Waals surface area contributed by atoms with Crippen molar-refractivity contribution in [3.05, 3.63) is 0 Å². The Kier molecular flexibility index (Phi) is 9.06. The van der Waals surface area contributed by atoms with E-state index in [1.165, 1.54) is 0 Å². The van der Waals surface area contributed by atoms with Crippen molar-refractivity contribution in [3.8, 4) is 6.26 Å². The topological polar surface area (TPSA) is 60.7 Å². The second kappa shape index (κ2) is 9.35. The van der Waals surface area contributed by atoms with E-state index in [2.05, 4.69) is 0 Å². The molecule has 0 aliphatic rings. The van der Waals surface area contributed by atoms with Crippen LogP contribution in [0.1, 0.15) is 61.3 Å². The van der Waals surface area contributed by atoms with Crippen LogP contribution in [0, 0.1) is 11.5 Å². The Hall–Kier alpha value is -0.613. The highest BCUT2D eigenvalue weighted by Gasteiger charge is 2.54. The molecule has 0 heterocycles. The summed E-state index contributed by atoms with van der Waals surface area (Å²) in [4.78, 5) is 0. The van der Waals surface area contributed by atoms with E-state index in [-0.39, 0.29) is 18.3 Å². The molecular formula is C14H29NO4Si. The standard InChI is InChI=1S/C14H29NO4Si/c1-8-9-14(16-10-15)20(17-11(2)3,18-12(4)5)19-13(6)7/h11-14H,8-9H2,1-7H3. The summed E-state index contributed by atoms with van der Waals surface area (Å²) in [6.45, 7) is 13.6. The molecule has 0 N–H and O–H groups in total. The van der Waals surface area contributed by atoms with E-state index < -0.39 is 14.5 Å². The highest BCUT2D eigenvalue weighted by molar-refractivity contribution is 6.62. The highest BCUT2D eigenvalue weighted by Crippen LogP contribution is 2.26. The Morgan fingerprint density at radius 1 is 0.900 bits per heavy atom. The second-order valence-electron chi connectivity index (χ2n) is 5.59. The highest BCUT2D eigenvalue weighted by atomic mass is 28.4. The van der Waals surface area contributed by atoms with Crippen molar-refractivity contribution >= 4 is 8.80 Å². The van der Waals surface area contributed by atoms with Crippen molar-refractivity contribution in [3.63, 3.8) is 0 Å². The van der Waals surface area contributed by atoms with Crippen molar-refractivity contribution in [2.75, 3.05) is 0 Å². The van der Waals surface area contributed by atoms with Crippen LogP contribution in [-0.2, 0) is 18.0 Å². The van der Waals surface area contributed by atoms with E-state index in [4.69, 9.17) is 23.3 Å². The Morgan fingerprint density at radius 3 is 1.55 bits per heavy atom. The average Bonchev–Trinajstić information content (AvgIpc) is 2.25. The lowest BCUT2D eigenvalue weighted by atomic mass is 10.4. The molecule has 1 unspecified atom stereocenters. The predicted octanol–water partition coefficient (Wildman–Crippen LogP) is 3.41. The van der Waals surface area contributed by atoms with E-state index in [1.54, 1.807) is 6.26 Å². The van der Waals surface area contributed by atoms with Gasteiger partial charge < -0.3 is 18.0 Å². The molecular weight excluding hydrogens is 274 g/mol. The molecule has 0 radical (unpaired) electrons. The van der Waals surface area contributed by atoms with Crippen LogP contribution in [0.5, 0.6) is 0 Å². The van der Waals surface area contributed by atoms with Crippen LogP contribution in [0.25, 0.3) is 0 Å². The van der Waals surface area contributed by atoms with Crippen LogP contribution in [0.2, 0.25) is 0 Å². The van der Waals surface area contributed by atoms with Crippen LogP contribution in [-0.4, -0.2) is 32.8 Å². The molecule has 6 heteroatoms. The Balaban J connectivity index is 5.45. The van der Waals surface area contributed by atoms with Crippen molar-refractivity contribution in [1.29, 1.82) is 5.26 Å². The van der Waals surface area contributed by atoms with E-state index in [0.29, 0.717) is 6.42 Å². The first-order valence-electron chi connectivity index (χ1n) is 7.35. The van der Waals surface area contributed by atoms with Gasteiger partial charge in [-0.25, -0.2) is 0 Å². The van der Waals surface area contributed by atoms with Gasteiger partial charge in [0.25, 0.3) is 6.26 Å². The fraction of sp³-hybridized carbons (Fsp3) is 0.929. The van der Waals surface area contributed by atoms with Gasteiger partial charge in [-0.15, -0.1) is 0 Å². The molecule has 0 aromatic carbocycles. The third-order valence-corrected chi connectivity index (χ3v) is 5.94. The Labute approximate surface area is 124 Å². The van der Waals surface area contributed by atoms with Gasteiger partial charge in [0, 0.05) is 18.3 Å². The van der Waals surface area contributed by atoms with Gasteiger partial charge in [-0.2, -0.15) is 5.26 Å². The maximum Gasteiger partial charge on any atom is 0.545 e. The second-order valence-corrected chi connectivity index (χ2v) is 8.15. The molecule has 0 spiro atoms. The zero-order chi connectivity index (χ0) is 15.8. The van der Waals surface area contributed by atoms with Gasteiger partial charge in [-0.05, 0) is 48.0 Å². The van der Waals surface area contributed by atoms with Crippen molar-refractivity contribution in [1.82, 2.24) is 0 Å². The van der Waals surface area contributed by atoms with Crippen LogP contribution >= 0.6 is 0 Å². The molecule has 0 fully saturated rings. The lowest BCUT2D eigenvalue weighted by Gasteiger charge is -2.37. The lowest BCUT2D eigenvalue weighted by molar-refractivity contribution is -0.0330. The summed E-state index contributed by atoms with van der Waals surface area (Å²) in [5, 5.41) is 8.91. The predicted molar refractivity (Wildman–Crippen MR) is 79.8 cm³/mol. The van der Waals surface area contributed by atoms with Crippen LogP contribution in [0.3, 0.4) is 0 Å². The maximum absolute atomic E-state index is 8.91. The van der Waals surface area contributed by atoms with E-state index in [0.717, 1.165) is 6.42 Å². The van der Waals surface area contributed by atoms with Gasteiger partial charge in [-0.3, -0.25) is 0 Å². The van der Waals surface area contributed by atoms with Crippen molar-refractivity contribution in [2.45, 2.75) is 85.3 Å². The van der Waals surface area contributed by atoms with Gasteiger partial charge in [-0.1, -0.05) is 13.3 Å². The summed E-state index contributed by atoms with van der Waals surface area (Å²) in [6.07, 6.45) is 3.15. The van der Waals surface area contributed by atoms with Gasteiger partial charge in [0.1, 0.15) is 0 Å². The quantitative estimate of drug-likeness (QED) is 0.457. The SMILES string of the molecule is CCCC(OC#N)[Si](OC(C)C)(OC(C)C)OC(C)C. The summed E-state index contributed by atoms with van der Waals surface area (Å²) in [5.74, 6) is 0. The molecule has 0 aliphatic heterocycles. The fourth-order valence-electron chi connectivity index (χ4n) is 1.93. The zero-order valence-corrected chi connectivity index (χ0v) is 14.8. The molecule has 0 amide bonds. The number of hydrogen-bond donors (Lipinski definition) is 0. The number of ether oxygens (including phenoxy) is 1. The fourth-order valence-corrected chi connectivity index (χ4v) is 5.36. The molecule has 0 rings (SSSR count). The minimum absolute atomic E-state index is 0.0548. The summed E-state index contributed by atoms with van der Waals surface area (Å²) < 4.78 is 23.4. The molecule has 20 heavy (non-hydrogen) atoms. The maximum atomic E-state index is 8.91. The van der Waals surface area contributed by atoms with Gasteiger partial charge >= 0.3 is 8.80 Å². The Morgan fingerprint density at radius 2 is 1.30 bits per heavy atom. The summed E-state index contributed by atoms with van der Waals surface area (Å²) in [6, 6.07) is 0. The molecule has 0 saturated heterocycles. The van der Waals surface area contributed by atoms with Gasteiger partial charge in [0.05, 0.1) is 0 Å². The number of nitriles is 1. The average molecular weight is 303 g/mol. The molecule has 1 atom stereocenters. The molecule has 0 aromatic heterocycles. The number of nitrogens with zero attached hydrogens (tertiary/aromatic N) is 1. The summed E-state index contributed by atoms with van der Waals surface area (Å²) in [5.41, 5.74) is -0.454. The third-order valence-electron chi connectivity index (χ3n) is 2.34. The van der Waals surface area contributed by atoms with E-state index in [9.17, 15) is 0 Å². The zero-order valence-electron chi connectivity index (χ0n) is 13.8. The monoisotopic (exact) mass is 303 g/mol. The first kappa shape index (κ1) is 19.4. The molecule has 0 bridgehead atoms. The van der Waals surface area contributed by atoms with Gasteiger partial charge in [0.2, 0.25) is 0 Å². The van der Waals surface area contributed by atoms with Crippen molar-refractivity contribution < 1.29 is 18.0 Å². The molecule has 0 aliphatic carbocycles. The minimum Gasteiger partial charge on any atom is -0.420 e.